The number of pyridine rings is 1. The number of hydrogen-bond acceptors (Lipinski definition) is 5. The Morgan fingerprint density at radius 1 is 1.39 bits per heavy atom. The average molecular weight is 356 g/mol. The van der Waals surface area contributed by atoms with Crippen LogP contribution in [0.5, 0.6) is 5.75 Å². The maximum Gasteiger partial charge on any atom is 0.311 e. The fourth-order valence-electron chi connectivity index (χ4n) is 1.71. The number of nitrogens with one attached hydrogen (secondary N) is 1. The third-order valence-corrected chi connectivity index (χ3v) is 3.23. The summed E-state index contributed by atoms with van der Waals surface area (Å²) in [7, 11) is 0. The highest BCUT2D eigenvalue weighted by Gasteiger charge is 2.16. The van der Waals surface area contributed by atoms with Gasteiger partial charge in [-0.2, -0.15) is 0 Å². The van der Waals surface area contributed by atoms with E-state index >= 15 is 0 Å². The first-order valence-electron chi connectivity index (χ1n) is 6.35. The van der Waals surface area contributed by atoms with Crippen LogP contribution in [0.25, 0.3) is 0 Å². The highest BCUT2D eigenvalue weighted by Crippen LogP contribution is 2.28. The quantitative estimate of drug-likeness (QED) is 0.652. The number of aromatic nitrogens is 1. The number of halogens is 2. The number of benzene rings is 1. The van der Waals surface area contributed by atoms with Gasteiger partial charge in [-0.3, -0.25) is 14.9 Å². The molecule has 0 saturated carbocycles. The second kappa shape index (κ2) is 7.26. The maximum absolute atomic E-state index is 11.8. The Bertz CT molecular complexity index is 768. The molecule has 0 atom stereocenters. The average Bonchev–Trinajstić information content (AvgIpc) is 2.48. The van der Waals surface area contributed by atoms with Crippen molar-refractivity contribution in [3.05, 3.63) is 56.2 Å². The van der Waals surface area contributed by atoms with Crippen LogP contribution < -0.4 is 10.1 Å². The minimum Gasteiger partial charge on any atom is -0.477 e. The van der Waals surface area contributed by atoms with Gasteiger partial charge in [-0.25, -0.2) is 4.98 Å². The lowest BCUT2D eigenvalue weighted by molar-refractivity contribution is -0.385. The van der Waals surface area contributed by atoms with Crippen LogP contribution in [0, 0.1) is 17.0 Å². The van der Waals surface area contributed by atoms with E-state index in [0.29, 0.717) is 10.6 Å². The summed E-state index contributed by atoms with van der Waals surface area (Å²) in [6.45, 7) is 1.29. The van der Waals surface area contributed by atoms with Crippen molar-refractivity contribution in [2.45, 2.75) is 6.92 Å². The highest BCUT2D eigenvalue weighted by molar-refractivity contribution is 6.36. The Morgan fingerprint density at radius 2 is 2.13 bits per heavy atom. The minimum atomic E-state index is -0.572. The molecule has 0 aliphatic heterocycles. The molecular formula is C14H11Cl2N3O4. The van der Waals surface area contributed by atoms with Crippen molar-refractivity contribution in [2.75, 3.05) is 11.9 Å². The number of hydrogen-bond donors (Lipinski definition) is 1. The largest absolute Gasteiger partial charge is 0.477 e. The summed E-state index contributed by atoms with van der Waals surface area (Å²) in [5.74, 6) is -0.425. The topological polar surface area (TPSA) is 94.4 Å². The first-order valence-corrected chi connectivity index (χ1v) is 7.11. The summed E-state index contributed by atoms with van der Waals surface area (Å²) in [5, 5.41) is 13.9. The SMILES string of the molecule is Cc1ccc(OCC(=O)Nc2ncc(Cl)cc2Cl)c([N+](=O)[O-])c1. The number of nitrogens with zero attached hydrogens (tertiary/aromatic N) is 2. The van der Waals surface area contributed by atoms with Gasteiger partial charge in [0.1, 0.15) is 0 Å². The van der Waals surface area contributed by atoms with Gasteiger partial charge >= 0.3 is 5.69 Å². The van der Waals surface area contributed by atoms with E-state index in [1.54, 1.807) is 13.0 Å². The van der Waals surface area contributed by atoms with Gasteiger partial charge in [0, 0.05) is 12.3 Å². The predicted octanol–water partition coefficient (Wildman–Crippen LogP) is 3.62. The van der Waals surface area contributed by atoms with Crippen LogP contribution in [0.1, 0.15) is 5.56 Å². The molecule has 23 heavy (non-hydrogen) atoms. The van der Waals surface area contributed by atoms with Crippen molar-refractivity contribution in [2.24, 2.45) is 0 Å². The second-order valence-corrected chi connectivity index (χ2v) is 5.39. The summed E-state index contributed by atoms with van der Waals surface area (Å²) < 4.78 is 5.20. The number of rotatable bonds is 5. The number of amides is 1. The predicted molar refractivity (Wildman–Crippen MR) is 86.2 cm³/mol. The van der Waals surface area contributed by atoms with E-state index in [0.717, 1.165) is 0 Å². The summed E-state index contributed by atoms with van der Waals surface area (Å²) in [6, 6.07) is 5.88. The zero-order valence-corrected chi connectivity index (χ0v) is 13.4. The third kappa shape index (κ3) is 4.54. The zero-order chi connectivity index (χ0) is 17.0. The molecule has 1 amide bonds. The van der Waals surface area contributed by atoms with Crippen LogP contribution in [-0.2, 0) is 4.79 Å². The monoisotopic (exact) mass is 355 g/mol. The molecule has 7 nitrogen and oxygen atoms in total. The molecule has 9 heteroatoms. The Labute approximate surface area is 141 Å². The van der Waals surface area contributed by atoms with E-state index < -0.39 is 17.4 Å². The van der Waals surface area contributed by atoms with E-state index in [1.807, 2.05) is 0 Å². The first kappa shape index (κ1) is 17.0. The molecule has 0 aliphatic rings. The molecule has 2 aromatic rings. The molecule has 0 unspecified atom stereocenters. The number of aryl methyl sites for hydroxylation is 1. The number of nitro groups is 1. The van der Waals surface area contributed by atoms with Crippen molar-refractivity contribution in [3.63, 3.8) is 0 Å². The number of carbonyl (C=O) groups is 1. The fourth-order valence-corrected chi connectivity index (χ4v) is 2.14. The molecule has 1 aromatic carbocycles. The Hall–Kier alpha value is -2.38. The normalized spacial score (nSPS) is 10.2. The standard InChI is InChI=1S/C14H11Cl2N3O4/c1-8-2-3-12(11(4-8)19(21)22)23-7-13(20)18-14-10(16)5-9(15)6-17-14/h2-6H,7H2,1H3,(H,17,18,20). The molecule has 2 rings (SSSR count). The first-order chi connectivity index (χ1) is 10.9. The molecule has 120 valence electrons. The Kier molecular flexibility index (Phi) is 5.36. The van der Waals surface area contributed by atoms with Gasteiger partial charge < -0.3 is 10.1 Å². The maximum atomic E-state index is 11.8. The Morgan fingerprint density at radius 3 is 2.78 bits per heavy atom. The van der Waals surface area contributed by atoms with Gasteiger partial charge in [0.2, 0.25) is 0 Å². The van der Waals surface area contributed by atoms with Crippen LogP contribution in [-0.4, -0.2) is 22.4 Å². The summed E-state index contributed by atoms with van der Waals surface area (Å²) in [4.78, 5) is 26.1. The lowest BCUT2D eigenvalue weighted by Crippen LogP contribution is -2.21. The van der Waals surface area contributed by atoms with Crippen LogP contribution >= 0.6 is 23.2 Å². The van der Waals surface area contributed by atoms with Crippen molar-refractivity contribution >= 4 is 40.6 Å². The van der Waals surface area contributed by atoms with Gasteiger partial charge in [0.05, 0.1) is 15.0 Å². The van der Waals surface area contributed by atoms with Crippen LogP contribution in [0.4, 0.5) is 11.5 Å². The van der Waals surface area contributed by atoms with E-state index in [1.165, 1.54) is 24.4 Å². The lowest BCUT2D eigenvalue weighted by Gasteiger charge is -2.09. The molecule has 0 saturated heterocycles. The van der Waals surface area contributed by atoms with E-state index in [9.17, 15) is 14.9 Å². The summed E-state index contributed by atoms with van der Waals surface area (Å²) >= 11 is 11.6. The highest BCUT2D eigenvalue weighted by atomic mass is 35.5. The van der Waals surface area contributed by atoms with Gasteiger partial charge in [-0.05, 0) is 24.6 Å². The molecular weight excluding hydrogens is 345 g/mol. The molecule has 1 N–H and O–H groups in total. The fraction of sp³-hybridized carbons (Fsp3) is 0.143. The van der Waals surface area contributed by atoms with Gasteiger partial charge in [0.25, 0.3) is 5.91 Å². The van der Waals surface area contributed by atoms with E-state index in [4.69, 9.17) is 27.9 Å². The Balaban J connectivity index is 2.03. The smallest absolute Gasteiger partial charge is 0.311 e. The van der Waals surface area contributed by atoms with Crippen molar-refractivity contribution < 1.29 is 14.5 Å². The lowest BCUT2D eigenvalue weighted by atomic mass is 10.2. The summed E-state index contributed by atoms with van der Waals surface area (Å²) in [5.41, 5.74) is 0.506. The van der Waals surface area contributed by atoms with Crippen LogP contribution in [0.15, 0.2) is 30.5 Å². The van der Waals surface area contributed by atoms with E-state index in [-0.39, 0.29) is 22.3 Å². The van der Waals surface area contributed by atoms with Crippen molar-refractivity contribution in [1.29, 1.82) is 0 Å². The third-order valence-electron chi connectivity index (χ3n) is 2.74. The molecule has 0 fully saturated rings. The minimum absolute atomic E-state index is 0.00547. The van der Waals surface area contributed by atoms with Gasteiger partial charge in [-0.1, -0.05) is 29.3 Å². The summed E-state index contributed by atoms with van der Waals surface area (Å²) in [6.07, 6.45) is 1.33. The number of carbonyl (C=O) groups excluding carboxylic acids is 1. The number of ether oxygens (including phenoxy) is 1. The van der Waals surface area contributed by atoms with Crippen molar-refractivity contribution in [3.8, 4) is 5.75 Å². The molecule has 0 spiro atoms. The van der Waals surface area contributed by atoms with Gasteiger partial charge in [-0.15, -0.1) is 0 Å². The molecule has 1 aromatic heterocycles. The van der Waals surface area contributed by atoms with Crippen LogP contribution in [0.3, 0.4) is 0 Å². The van der Waals surface area contributed by atoms with Crippen LogP contribution in [0.2, 0.25) is 10.0 Å². The molecule has 0 aliphatic carbocycles. The molecule has 0 bridgehead atoms. The van der Waals surface area contributed by atoms with Crippen molar-refractivity contribution in [1.82, 2.24) is 4.98 Å². The number of anilines is 1. The van der Waals surface area contributed by atoms with Gasteiger partial charge in [0.15, 0.2) is 18.2 Å². The second-order valence-electron chi connectivity index (χ2n) is 4.55. The molecule has 0 radical (unpaired) electrons. The number of nitro benzene ring substituents is 1. The van der Waals surface area contributed by atoms with E-state index in [2.05, 4.69) is 10.3 Å². The zero-order valence-electron chi connectivity index (χ0n) is 11.9. The molecule has 1 heterocycles.